The smallest absolute Gasteiger partial charge is 0.229 e. The molecule has 3 rings (SSSR count). The van der Waals surface area contributed by atoms with E-state index in [1.165, 1.54) is 6.20 Å². The standard InChI is InChI=1S/C18H15F3N4/c1-11-4-2-3-5-12(11)10-23-15-8-9-22-18(25-15)24-14-7-6-13(19)16(20)17(14)21/h2-9H,10H2,1H3,(H2,22,23,24,25). The number of aromatic nitrogens is 2. The van der Waals surface area contributed by atoms with E-state index in [1.54, 1.807) is 6.07 Å². The number of hydrogen-bond donors (Lipinski definition) is 2. The van der Waals surface area contributed by atoms with Crippen molar-refractivity contribution in [2.45, 2.75) is 13.5 Å². The van der Waals surface area contributed by atoms with Gasteiger partial charge in [-0.25, -0.2) is 18.2 Å². The van der Waals surface area contributed by atoms with Crippen LogP contribution >= 0.6 is 0 Å². The largest absolute Gasteiger partial charge is 0.366 e. The molecule has 3 aromatic rings. The second-order valence-corrected chi connectivity index (χ2v) is 5.39. The zero-order chi connectivity index (χ0) is 17.8. The number of hydrogen-bond acceptors (Lipinski definition) is 4. The lowest BCUT2D eigenvalue weighted by molar-refractivity contribution is 0.449. The minimum atomic E-state index is -1.54. The summed E-state index contributed by atoms with van der Waals surface area (Å²) < 4.78 is 40.0. The number of aryl methyl sites for hydroxylation is 1. The summed E-state index contributed by atoms with van der Waals surface area (Å²) in [6, 6.07) is 11.5. The second-order valence-electron chi connectivity index (χ2n) is 5.39. The Kier molecular flexibility index (Phi) is 4.83. The number of nitrogens with zero attached hydrogens (tertiary/aromatic N) is 2. The molecule has 0 saturated heterocycles. The van der Waals surface area contributed by atoms with Crippen LogP contribution in [0.2, 0.25) is 0 Å². The van der Waals surface area contributed by atoms with Crippen LogP contribution in [0.4, 0.5) is 30.6 Å². The van der Waals surface area contributed by atoms with Gasteiger partial charge in [0.1, 0.15) is 5.82 Å². The fourth-order valence-electron chi connectivity index (χ4n) is 2.25. The van der Waals surface area contributed by atoms with Gasteiger partial charge in [-0.15, -0.1) is 0 Å². The maximum absolute atomic E-state index is 13.7. The van der Waals surface area contributed by atoms with Crippen LogP contribution < -0.4 is 10.6 Å². The average Bonchev–Trinajstić information content (AvgIpc) is 2.62. The molecule has 2 N–H and O–H groups in total. The summed E-state index contributed by atoms with van der Waals surface area (Å²) in [5, 5.41) is 5.69. The van der Waals surface area contributed by atoms with Crippen molar-refractivity contribution in [2.75, 3.05) is 10.6 Å². The number of benzene rings is 2. The zero-order valence-electron chi connectivity index (χ0n) is 13.4. The minimum Gasteiger partial charge on any atom is -0.366 e. The fourth-order valence-corrected chi connectivity index (χ4v) is 2.25. The van der Waals surface area contributed by atoms with E-state index in [1.807, 2.05) is 31.2 Å². The topological polar surface area (TPSA) is 49.8 Å². The molecule has 25 heavy (non-hydrogen) atoms. The highest BCUT2D eigenvalue weighted by atomic mass is 19.2. The highest BCUT2D eigenvalue weighted by molar-refractivity contribution is 5.55. The fraction of sp³-hybridized carbons (Fsp3) is 0.111. The first-order valence-corrected chi connectivity index (χ1v) is 7.56. The molecular weight excluding hydrogens is 329 g/mol. The highest BCUT2D eigenvalue weighted by Gasteiger charge is 2.14. The van der Waals surface area contributed by atoms with Crippen LogP contribution in [0.25, 0.3) is 0 Å². The van der Waals surface area contributed by atoms with Gasteiger partial charge >= 0.3 is 0 Å². The van der Waals surface area contributed by atoms with Crippen LogP contribution in [0.3, 0.4) is 0 Å². The van der Waals surface area contributed by atoms with E-state index >= 15 is 0 Å². The van der Waals surface area contributed by atoms with E-state index in [-0.39, 0.29) is 11.6 Å². The quantitative estimate of drug-likeness (QED) is 0.666. The van der Waals surface area contributed by atoms with Crippen molar-refractivity contribution >= 4 is 17.5 Å². The molecule has 0 radical (unpaired) electrons. The van der Waals surface area contributed by atoms with Crippen LogP contribution in [0.15, 0.2) is 48.7 Å². The first-order valence-electron chi connectivity index (χ1n) is 7.56. The van der Waals surface area contributed by atoms with Crippen LogP contribution in [-0.4, -0.2) is 9.97 Å². The molecule has 0 fully saturated rings. The van der Waals surface area contributed by atoms with Crippen LogP contribution in [0.1, 0.15) is 11.1 Å². The molecule has 0 unspecified atom stereocenters. The molecule has 1 heterocycles. The molecule has 4 nitrogen and oxygen atoms in total. The van der Waals surface area contributed by atoms with E-state index in [0.29, 0.717) is 12.4 Å². The maximum atomic E-state index is 13.7. The lowest BCUT2D eigenvalue weighted by Gasteiger charge is -2.10. The van der Waals surface area contributed by atoms with Crippen molar-refractivity contribution in [3.05, 3.63) is 77.2 Å². The van der Waals surface area contributed by atoms with Gasteiger partial charge in [0.2, 0.25) is 5.95 Å². The van der Waals surface area contributed by atoms with Crippen molar-refractivity contribution < 1.29 is 13.2 Å². The van der Waals surface area contributed by atoms with Gasteiger partial charge in [-0.3, -0.25) is 0 Å². The van der Waals surface area contributed by atoms with Crippen molar-refractivity contribution in [3.63, 3.8) is 0 Å². The van der Waals surface area contributed by atoms with Gasteiger partial charge in [0.05, 0.1) is 5.69 Å². The lowest BCUT2D eigenvalue weighted by Crippen LogP contribution is -2.06. The average molecular weight is 344 g/mol. The van der Waals surface area contributed by atoms with Crippen molar-refractivity contribution in [1.82, 2.24) is 9.97 Å². The summed E-state index contributed by atoms with van der Waals surface area (Å²) in [5.74, 6) is -3.53. The van der Waals surface area contributed by atoms with E-state index < -0.39 is 17.5 Å². The Labute approximate surface area is 142 Å². The van der Waals surface area contributed by atoms with Gasteiger partial charge in [-0.05, 0) is 36.2 Å². The number of nitrogens with one attached hydrogen (secondary N) is 2. The Morgan fingerprint density at radius 1 is 0.960 bits per heavy atom. The summed E-state index contributed by atoms with van der Waals surface area (Å²) >= 11 is 0. The maximum Gasteiger partial charge on any atom is 0.229 e. The van der Waals surface area contributed by atoms with Crippen molar-refractivity contribution in [3.8, 4) is 0 Å². The summed E-state index contributed by atoms with van der Waals surface area (Å²) in [7, 11) is 0. The molecular formula is C18H15F3N4. The first kappa shape index (κ1) is 16.8. The van der Waals surface area contributed by atoms with E-state index in [0.717, 1.165) is 23.3 Å². The third-order valence-corrected chi connectivity index (χ3v) is 3.66. The Hall–Kier alpha value is -3.09. The third kappa shape index (κ3) is 3.88. The minimum absolute atomic E-state index is 0.0692. The predicted molar refractivity (Wildman–Crippen MR) is 90.1 cm³/mol. The van der Waals surface area contributed by atoms with Gasteiger partial charge < -0.3 is 10.6 Å². The first-order chi connectivity index (χ1) is 12.0. The predicted octanol–water partition coefficient (Wildman–Crippen LogP) is 4.56. The molecule has 7 heteroatoms. The Bertz CT molecular complexity index is 899. The van der Waals surface area contributed by atoms with Gasteiger partial charge in [0.15, 0.2) is 17.5 Å². The Morgan fingerprint density at radius 2 is 1.76 bits per heavy atom. The van der Waals surface area contributed by atoms with Gasteiger partial charge in [-0.1, -0.05) is 24.3 Å². The van der Waals surface area contributed by atoms with Gasteiger partial charge in [0.25, 0.3) is 0 Å². The molecule has 0 amide bonds. The molecule has 0 aliphatic heterocycles. The number of halogens is 3. The summed E-state index contributed by atoms with van der Waals surface area (Å²) in [5.41, 5.74) is 2.02. The van der Waals surface area contributed by atoms with E-state index in [9.17, 15) is 13.2 Å². The second kappa shape index (κ2) is 7.21. The van der Waals surface area contributed by atoms with E-state index in [2.05, 4.69) is 20.6 Å². The van der Waals surface area contributed by atoms with Gasteiger partial charge in [-0.2, -0.15) is 4.98 Å². The van der Waals surface area contributed by atoms with E-state index in [4.69, 9.17) is 0 Å². The summed E-state index contributed by atoms with van der Waals surface area (Å²) in [6.07, 6.45) is 1.48. The molecule has 0 atom stereocenters. The molecule has 1 aromatic heterocycles. The van der Waals surface area contributed by atoms with Crippen molar-refractivity contribution in [2.24, 2.45) is 0 Å². The van der Waals surface area contributed by atoms with Crippen LogP contribution in [0, 0.1) is 24.4 Å². The lowest BCUT2D eigenvalue weighted by atomic mass is 10.1. The van der Waals surface area contributed by atoms with Gasteiger partial charge in [0, 0.05) is 12.7 Å². The van der Waals surface area contributed by atoms with Crippen molar-refractivity contribution in [1.29, 1.82) is 0 Å². The number of rotatable bonds is 5. The molecule has 0 saturated carbocycles. The molecule has 2 aromatic carbocycles. The summed E-state index contributed by atoms with van der Waals surface area (Å²) in [6.45, 7) is 2.57. The molecule has 0 spiro atoms. The molecule has 128 valence electrons. The molecule has 0 bridgehead atoms. The normalized spacial score (nSPS) is 10.6. The molecule has 0 aliphatic rings. The SMILES string of the molecule is Cc1ccccc1CNc1ccnc(Nc2ccc(F)c(F)c2F)n1. The summed E-state index contributed by atoms with van der Waals surface area (Å²) in [4.78, 5) is 8.15. The highest BCUT2D eigenvalue weighted by Crippen LogP contribution is 2.22. The number of anilines is 3. The monoisotopic (exact) mass is 344 g/mol. The zero-order valence-corrected chi connectivity index (χ0v) is 13.4. The van der Waals surface area contributed by atoms with Crippen LogP contribution in [0.5, 0.6) is 0 Å². The Balaban J connectivity index is 1.74. The third-order valence-electron chi connectivity index (χ3n) is 3.66. The van der Waals surface area contributed by atoms with Crippen LogP contribution in [-0.2, 0) is 6.54 Å². The Morgan fingerprint density at radius 3 is 2.56 bits per heavy atom. The molecule has 0 aliphatic carbocycles.